The molecule has 1 fully saturated rings. The van der Waals surface area contributed by atoms with Gasteiger partial charge in [0.1, 0.15) is 11.4 Å². The Kier molecular flexibility index (Phi) is 6.31. The van der Waals surface area contributed by atoms with Crippen molar-refractivity contribution in [3.8, 4) is 11.4 Å². The van der Waals surface area contributed by atoms with Gasteiger partial charge in [0, 0.05) is 42.4 Å². The van der Waals surface area contributed by atoms with Gasteiger partial charge in [0.15, 0.2) is 14.9 Å². The second-order valence-corrected chi connectivity index (χ2v) is 11.6. The minimum Gasteiger partial charge on any atom is -0.497 e. The fraction of sp³-hybridized carbons (Fsp3) is 0.370. The number of nitrogens with one attached hydrogen (secondary N) is 1. The summed E-state index contributed by atoms with van der Waals surface area (Å²) in [7, 11) is -2.07. The summed E-state index contributed by atoms with van der Waals surface area (Å²) < 4.78 is 31.7. The largest absolute Gasteiger partial charge is 0.497 e. The molecule has 0 saturated heterocycles. The van der Waals surface area contributed by atoms with Gasteiger partial charge in [0.2, 0.25) is 5.91 Å². The van der Waals surface area contributed by atoms with Crippen molar-refractivity contribution < 1.29 is 22.7 Å². The van der Waals surface area contributed by atoms with Gasteiger partial charge in [0.25, 0.3) is 5.91 Å². The topological polar surface area (TPSA) is 111 Å². The Morgan fingerprint density at radius 2 is 1.73 bits per heavy atom. The summed E-state index contributed by atoms with van der Waals surface area (Å²) in [5.41, 5.74) is 3.10. The molecule has 0 unspecified atom stereocenters. The SMILES string of the molecule is CCC(=O)NCC1(c2ccc(N3CCc4c(S(C)(=O)=O)nn(-c5ccc(OC)cc5)c4C3=O)cc2)CC1. The Morgan fingerprint density at radius 1 is 1.08 bits per heavy atom. The first kappa shape index (κ1) is 25.0. The van der Waals surface area contributed by atoms with Crippen LogP contribution in [0.15, 0.2) is 53.6 Å². The van der Waals surface area contributed by atoms with Crippen molar-refractivity contribution in [2.45, 2.75) is 43.0 Å². The van der Waals surface area contributed by atoms with Crippen molar-refractivity contribution in [1.82, 2.24) is 15.1 Å². The second-order valence-electron chi connectivity index (χ2n) is 9.68. The van der Waals surface area contributed by atoms with Crippen molar-refractivity contribution in [2.24, 2.45) is 0 Å². The molecule has 9 nitrogen and oxygen atoms in total. The number of carbonyl (C=O) groups is 2. The molecule has 2 heterocycles. The normalized spacial score (nSPS) is 16.3. The highest BCUT2D eigenvalue weighted by Crippen LogP contribution is 2.48. The molecule has 1 saturated carbocycles. The molecule has 37 heavy (non-hydrogen) atoms. The van der Waals surface area contributed by atoms with E-state index in [0.717, 1.165) is 30.3 Å². The van der Waals surface area contributed by atoms with Gasteiger partial charge < -0.3 is 15.0 Å². The molecule has 0 atom stereocenters. The predicted molar refractivity (Wildman–Crippen MR) is 139 cm³/mol. The number of sulfone groups is 1. The fourth-order valence-electron chi connectivity index (χ4n) is 4.89. The summed E-state index contributed by atoms with van der Waals surface area (Å²) in [6.07, 6.45) is 3.96. The third-order valence-corrected chi connectivity index (χ3v) is 8.27. The van der Waals surface area contributed by atoms with E-state index in [9.17, 15) is 18.0 Å². The molecule has 5 rings (SSSR count). The molecule has 1 N–H and O–H groups in total. The number of fused-ring (bicyclic) bond motifs is 1. The minimum absolute atomic E-state index is 0.0412. The fourth-order valence-corrected chi connectivity index (χ4v) is 5.77. The zero-order valence-electron chi connectivity index (χ0n) is 21.2. The average molecular weight is 523 g/mol. The highest BCUT2D eigenvalue weighted by Gasteiger charge is 2.44. The molecule has 10 heteroatoms. The van der Waals surface area contributed by atoms with Gasteiger partial charge in [-0.2, -0.15) is 5.10 Å². The average Bonchev–Trinajstić information content (AvgIpc) is 3.58. The van der Waals surface area contributed by atoms with E-state index in [1.54, 1.807) is 36.3 Å². The number of methoxy groups -OCH3 is 1. The number of hydrogen-bond acceptors (Lipinski definition) is 6. The lowest BCUT2D eigenvalue weighted by Crippen LogP contribution is -2.39. The van der Waals surface area contributed by atoms with E-state index in [1.807, 2.05) is 31.2 Å². The van der Waals surface area contributed by atoms with Gasteiger partial charge in [-0.25, -0.2) is 13.1 Å². The lowest BCUT2D eigenvalue weighted by atomic mass is 9.95. The van der Waals surface area contributed by atoms with Crippen LogP contribution in [0.3, 0.4) is 0 Å². The van der Waals surface area contributed by atoms with E-state index in [0.29, 0.717) is 42.9 Å². The lowest BCUT2D eigenvalue weighted by Gasteiger charge is -2.28. The molecule has 1 aromatic heterocycles. The molecule has 2 aliphatic rings. The first-order valence-corrected chi connectivity index (χ1v) is 14.2. The molecule has 1 aliphatic carbocycles. The Bertz CT molecular complexity index is 1460. The number of anilines is 1. The molecule has 2 amide bonds. The van der Waals surface area contributed by atoms with Crippen LogP contribution < -0.4 is 15.0 Å². The van der Waals surface area contributed by atoms with Crippen LogP contribution >= 0.6 is 0 Å². The van der Waals surface area contributed by atoms with Gasteiger partial charge in [-0.15, -0.1) is 0 Å². The van der Waals surface area contributed by atoms with Crippen LogP contribution in [0.25, 0.3) is 5.69 Å². The zero-order chi connectivity index (χ0) is 26.4. The van der Waals surface area contributed by atoms with Crippen LogP contribution in [-0.4, -0.2) is 56.5 Å². The van der Waals surface area contributed by atoms with Gasteiger partial charge in [-0.3, -0.25) is 9.59 Å². The van der Waals surface area contributed by atoms with Crippen LogP contribution in [0.4, 0.5) is 5.69 Å². The minimum atomic E-state index is -3.64. The van der Waals surface area contributed by atoms with Crippen molar-refractivity contribution in [3.63, 3.8) is 0 Å². The Balaban J connectivity index is 1.46. The Hall–Kier alpha value is -3.66. The van der Waals surface area contributed by atoms with E-state index in [4.69, 9.17) is 4.74 Å². The summed E-state index contributed by atoms with van der Waals surface area (Å²) in [6, 6.07) is 14.8. The first-order valence-electron chi connectivity index (χ1n) is 12.3. The zero-order valence-corrected chi connectivity index (χ0v) is 22.0. The van der Waals surface area contributed by atoms with E-state index >= 15 is 0 Å². The number of hydrogen-bond donors (Lipinski definition) is 1. The Labute approximate surface area is 216 Å². The van der Waals surface area contributed by atoms with Gasteiger partial charge in [-0.05, 0) is 61.2 Å². The molecule has 0 radical (unpaired) electrons. The van der Waals surface area contributed by atoms with E-state index in [2.05, 4.69) is 10.4 Å². The number of ether oxygens (including phenoxy) is 1. The van der Waals surface area contributed by atoms with Crippen LogP contribution in [0.2, 0.25) is 0 Å². The monoisotopic (exact) mass is 522 g/mol. The standard InChI is InChI=1S/C27H30N4O5S/c1-4-23(32)28-17-27(14-15-27)18-5-7-19(8-6-18)30-16-13-22-24(26(30)33)31(29-25(22)37(3,34)35)20-9-11-21(36-2)12-10-20/h5-12H,4,13-17H2,1-3H3,(H,28,32). The maximum atomic E-state index is 13.8. The van der Waals surface area contributed by atoms with Gasteiger partial charge in [-0.1, -0.05) is 19.1 Å². The number of nitrogens with zero attached hydrogens (tertiary/aromatic N) is 3. The Morgan fingerprint density at radius 3 is 2.30 bits per heavy atom. The summed E-state index contributed by atoms with van der Waals surface area (Å²) in [5, 5.41) is 7.31. The van der Waals surface area contributed by atoms with Crippen molar-refractivity contribution >= 4 is 27.3 Å². The van der Waals surface area contributed by atoms with Crippen LogP contribution in [0.5, 0.6) is 5.75 Å². The quantitative estimate of drug-likeness (QED) is 0.487. The third-order valence-electron chi connectivity index (χ3n) is 7.24. The number of carbonyl (C=O) groups excluding carboxylic acids is 2. The smallest absolute Gasteiger partial charge is 0.277 e. The van der Waals surface area contributed by atoms with E-state index < -0.39 is 9.84 Å². The van der Waals surface area contributed by atoms with Crippen molar-refractivity contribution in [2.75, 3.05) is 31.4 Å². The second kappa shape index (κ2) is 9.33. The molecule has 2 aromatic carbocycles. The molecule has 0 spiro atoms. The molecule has 194 valence electrons. The number of aromatic nitrogens is 2. The number of rotatable bonds is 8. The molecule has 0 bridgehead atoms. The maximum Gasteiger partial charge on any atom is 0.277 e. The summed E-state index contributed by atoms with van der Waals surface area (Å²) in [6.45, 7) is 2.80. The molecule has 3 aromatic rings. The molecular weight excluding hydrogens is 492 g/mol. The van der Waals surface area contributed by atoms with Crippen LogP contribution in [0.1, 0.15) is 47.8 Å². The van der Waals surface area contributed by atoms with Crippen LogP contribution in [0, 0.1) is 0 Å². The van der Waals surface area contributed by atoms with E-state index in [1.165, 1.54) is 4.68 Å². The first-order chi connectivity index (χ1) is 17.7. The molecule has 1 aliphatic heterocycles. The van der Waals surface area contributed by atoms with Crippen LogP contribution in [-0.2, 0) is 26.5 Å². The lowest BCUT2D eigenvalue weighted by molar-refractivity contribution is -0.120. The van der Waals surface area contributed by atoms with E-state index in [-0.39, 0.29) is 27.9 Å². The highest BCUT2D eigenvalue weighted by molar-refractivity contribution is 7.90. The summed E-state index contributed by atoms with van der Waals surface area (Å²) in [4.78, 5) is 27.2. The third kappa shape index (κ3) is 4.61. The van der Waals surface area contributed by atoms with Gasteiger partial charge >= 0.3 is 0 Å². The highest BCUT2D eigenvalue weighted by atomic mass is 32.2. The summed E-state index contributed by atoms with van der Waals surface area (Å²) >= 11 is 0. The predicted octanol–water partition coefficient (Wildman–Crippen LogP) is 3.05. The van der Waals surface area contributed by atoms with Crippen molar-refractivity contribution in [1.29, 1.82) is 0 Å². The van der Waals surface area contributed by atoms with Crippen molar-refractivity contribution in [3.05, 3.63) is 65.4 Å². The number of benzene rings is 2. The number of amides is 2. The maximum absolute atomic E-state index is 13.8. The summed E-state index contributed by atoms with van der Waals surface area (Å²) in [5.74, 6) is 0.381. The molecular formula is C27H30N4O5S. The van der Waals surface area contributed by atoms with Gasteiger partial charge in [0.05, 0.1) is 12.8 Å².